The van der Waals surface area contributed by atoms with Crippen LogP contribution in [0.15, 0.2) is 18.2 Å². The fourth-order valence-corrected chi connectivity index (χ4v) is 4.58. The van der Waals surface area contributed by atoms with Gasteiger partial charge in [0.15, 0.2) is 6.04 Å². The zero-order valence-corrected chi connectivity index (χ0v) is 17.4. The molecule has 1 aromatic carbocycles. The summed E-state index contributed by atoms with van der Waals surface area (Å²) >= 11 is 0. The first-order valence-electron chi connectivity index (χ1n) is 10.8. The largest absolute Gasteiger partial charge is 0.320 e. The van der Waals surface area contributed by atoms with E-state index in [2.05, 4.69) is 51.2 Å². The Morgan fingerprint density at radius 1 is 1.04 bits per heavy atom. The third-order valence-electron chi connectivity index (χ3n) is 6.19. The van der Waals surface area contributed by atoms with Crippen LogP contribution in [0.25, 0.3) is 0 Å². The molecular formula is C23H39N2O+. The van der Waals surface area contributed by atoms with Gasteiger partial charge in [-0.2, -0.15) is 0 Å². The maximum atomic E-state index is 13.5. The number of rotatable bonds is 9. The molecule has 2 rings (SSSR count). The molecule has 0 bridgehead atoms. The quantitative estimate of drug-likeness (QED) is 0.571. The average molecular weight is 360 g/mol. The lowest BCUT2D eigenvalue weighted by molar-refractivity contribution is -0.947. The van der Waals surface area contributed by atoms with Gasteiger partial charge in [-0.25, -0.2) is 0 Å². The Hall–Kier alpha value is -1.35. The number of piperidine rings is 1. The van der Waals surface area contributed by atoms with Crippen LogP contribution < -0.4 is 5.32 Å². The van der Waals surface area contributed by atoms with Crippen LogP contribution in [-0.4, -0.2) is 36.1 Å². The molecule has 1 amide bonds. The summed E-state index contributed by atoms with van der Waals surface area (Å²) in [6.07, 6.45) is 9.59. The number of unbranched alkanes of at least 4 members (excludes halogenated alkanes) is 2. The van der Waals surface area contributed by atoms with Gasteiger partial charge in [0.1, 0.15) is 0 Å². The van der Waals surface area contributed by atoms with Crippen molar-refractivity contribution in [2.45, 2.75) is 85.1 Å². The lowest BCUT2D eigenvalue weighted by atomic mass is 9.97. The van der Waals surface area contributed by atoms with Gasteiger partial charge in [0, 0.05) is 12.1 Å². The van der Waals surface area contributed by atoms with Crippen LogP contribution in [0.5, 0.6) is 0 Å². The zero-order valence-electron chi connectivity index (χ0n) is 17.4. The van der Waals surface area contributed by atoms with Crippen molar-refractivity contribution < 1.29 is 9.28 Å². The lowest BCUT2D eigenvalue weighted by Crippen LogP contribution is -2.62. The molecule has 1 heterocycles. The van der Waals surface area contributed by atoms with E-state index in [1.165, 1.54) is 45.2 Å². The number of benzene rings is 1. The van der Waals surface area contributed by atoms with Crippen LogP contribution in [0.4, 0.5) is 5.69 Å². The first kappa shape index (κ1) is 21.0. The Kier molecular flexibility index (Phi) is 8.15. The maximum Gasteiger partial charge on any atom is 0.282 e. The summed E-state index contributed by atoms with van der Waals surface area (Å²) in [6.45, 7) is 12.2. The minimum Gasteiger partial charge on any atom is -0.320 e. The first-order chi connectivity index (χ1) is 12.5. The number of amides is 1. The predicted octanol–water partition coefficient (Wildman–Crippen LogP) is 5.60. The molecule has 3 nitrogen and oxygen atoms in total. The van der Waals surface area contributed by atoms with E-state index in [1.54, 1.807) is 0 Å². The van der Waals surface area contributed by atoms with Crippen molar-refractivity contribution in [1.29, 1.82) is 0 Å². The number of anilines is 1. The SMILES string of the molecule is CCCC[C@H](C(=O)Nc1c(C)cccc1C)[N+]1(CCCC)CCCCC1. The molecule has 1 aliphatic heterocycles. The fraction of sp³-hybridized carbons (Fsp3) is 0.696. The van der Waals surface area contributed by atoms with E-state index in [9.17, 15) is 4.79 Å². The van der Waals surface area contributed by atoms with Crippen molar-refractivity contribution in [3.63, 3.8) is 0 Å². The number of para-hydroxylation sites is 1. The molecule has 0 saturated carbocycles. The molecule has 146 valence electrons. The van der Waals surface area contributed by atoms with Crippen LogP contribution in [0.2, 0.25) is 0 Å². The molecule has 1 N–H and O–H groups in total. The molecule has 1 saturated heterocycles. The van der Waals surface area contributed by atoms with E-state index in [0.29, 0.717) is 0 Å². The average Bonchev–Trinajstić information content (AvgIpc) is 2.64. The highest BCUT2D eigenvalue weighted by molar-refractivity contribution is 5.95. The summed E-state index contributed by atoms with van der Waals surface area (Å²) in [5.41, 5.74) is 3.34. The summed E-state index contributed by atoms with van der Waals surface area (Å²) in [7, 11) is 0. The van der Waals surface area contributed by atoms with Gasteiger partial charge in [0.05, 0.1) is 19.6 Å². The maximum absolute atomic E-state index is 13.5. The van der Waals surface area contributed by atoms with Gasteiger partial charge < -0.3 is 9.80 Å². The standard InChI is InChI=1S/C23H38N2O/c1-5-7-15-21(25(16-8-6-2)17-10-9-11-18-25)23(26)24-22-19(3)13-12-14-20(22)4/h12-14,21H,5-11,15-18H2,1-4H3/p+1/t21-/m1/s1. The van der Waals surface area contributed by atoms with Gasteiger partial charge in [-0.3, -0.25) is 4.79 Å². The number of hydrogen-bond donors (Lipinski definition) is 1. The van der Waals surface area contributed by atoms with Crippen LogP contribution in [0, 0.1) is 13.8 Å². The number of quaternary nitrogens is 1. The number of nitrogens with one attached hydrogen (secondary N) is 1. The third-order valence-corrected chi connectivity index (χ3v) is 6.19. The smallest absolute Gasteiger partial charge is 0.282 e. The molecule has 0 radical (unpaired) electrons. The summed E-state index contributed by atoms with van der Waals surface area (Å²) in [6, 6.07) is 6.34. The van der Waals surface area contributed by atoms with Crippen molar-refractivity contribution >= 4 is 11.6 Å². The highest BCUT2D eigenvalue weighted by Crippen LogP contribution is 2.29. The topological polar surface area (TPSA) is 29.1 Å². The van der Waals surface area contributed by atoms with Crippen molar-refractivity contribution in [1.82, 2.24) is 0 Å². The monoisotopic (exact) mass is 359 g/mol. The molecule has 1 aliphatic rings. The van der Waals surface area contributed by atoms with E-state index < -0.39 is 0 Å². The molecule has 1 atom stereocenters. The Morgan fingerprint density at radius 2 is 1.65 bits per heavy atom. The van der Waals surface area contributed by atoms with Gasteiger partial charge in [-0.15, -0.1) is 0 Å². The van der Waals surface area contributed by atoms with E-state index >= 15 is 0 Å². The second kappa shape index (κ2) is 10.1. The van der Waals surface area contributed by atoms with Crippen molar-refractivity contribution in [2.75, 3.05) is 25.0 Å². The zero-order chi connectivity index (χ0) is 19.0. The van der Waals surface area contributed by atoms with E-state index in [-0.39, 0.29) is 11.9 Å². The van der Waals surface area contributed by atoms with Crippen molar-refractivity contribution in [2.24, 2.45) is 0 Å². The van der Waals surface area contributed by atoms with Crippen LogP contribution in [-0.2, 0) is 4.79 Å². The highest BCUT2D eigenvalue weighted by Gasteiger charge is 2.41. The normalized spacial score (nSPS) is 17.7. The minimum atomic E-state index is 0.0980. The van der Waals surface area contributed by atoms with Crippen molar-refractivity contribution in [3.05, 3.63) is 29.3 Å². The number of nitrogens with zero attached hydrogens (tertiary/aromatic N) is 1. The van der Waals surface area contributed by atoms with Crippen LogP contribution in [0.1, 0.15) is 76.3 Å². The van der Waals surface area contributed by atoms with Gasteiger partial charge in [-0.1, -0.05) is 44.9 Å². The Morgan fingerprint density at radius 3 is 2.23 bits per heavy atom. The molecule has 0 unspecified atom stereocenters. The van der Waals surface area contributed by atoms with Crippen LogP contribution in [0.3, 0.4) is 0 Å². The second-order valence-electron chi connectivity index (χ2n) is 8.22. The van der Waals surface area contributed by atoms with Crippen LogP contribution >= 0.6 is 0 Å². The molecular weight excluding hydrogens is 320 g/mol. The number of carbonyl (C=O) groups excluding carboxylic acids is 1. The van der Waals surface area contributed by atoms with Crippen molar-refractivity contribution in [3.8, 4) is 0 Å². The van der Waals surface area contributed by atoms with E-state index in [1.807, 2.05) is 0 Å². The number of hydrogen-bond acceptors (Lipinski definition) is 1. The summed E-state index contributed by atoms with van der Waals surface area (Å²) in [5.74, 6) is 0.244. The lowest BCUT2D eigenvalue weighted by Gasteiger charge is -2.46. The molecule has 26 heavy (non-hydrogen) atoms. The van der Waals surface area contributed by atoms with Gasteiger partial charge in [0.2, 0.25) is 0 Å². The van der Waals surface area contributed by atoms with E-state index in [4.69, 9.17) is 0 Å². The summed E-state index contributed by atoms with van der Waals surface area (Å²) < 4.78 is 1.02. The molecule has 0 aliphatic carbocycles. The molecule has 0 spiro atoms. The van der Waals surface area contributed by atoms with E-state index in [0.717, 1.165) is 47.1 Å². The van der Waals surface area contributed by atoms with Gasteiger partial charge in [0.25, 0.3) is 5.91 Å². The van der Waals surface area contributed by atoms with Gasteiger partial charge >= 0.3 is 0 Å². The number of aryl methyl sites for hydroxylation is 2. The molecule has 1 aromatic rings. The second-order valence-corrected chi connectivity index (χ2v) is 8.22. The minimum absolute atomic E-state index is 0.0980. The molecule has 1 fully saturated rings. The third kappa shape index (κ3) is 5.09. The molecule has 3 heteroatoms. The number of carbonyl (C=O) groups is 1. The first-order valence-corrected chi connectivity index (χ1v) is 10.8. The Labute approximate surface area is 160 Å². The fourth-order valence-electron chi connectivity index (χ4n) is 4.58. The highest BCUT2D eigenvalue weighted by atomic mass is 16.2. The molecule has 0 aromatic heterocycles. The number of likely N-dealkylation sites (tertiary alicyclic amines) is 1. The predicted molar refractivity (Wildman–Crippen MR) is 111 cm³/mol. The summed E-state index contributed by atoms with van der Waals surface area (Å²) in [4.78, 5) is 13.5. The Bertz CT molecular complexity index is 555. The summed E-state index contributed by atoms with van der Waals surface area (Å²) in [5, 5.41) is 3.33. The van der Waals surface area contributed by atoms with Gasteiger partial charge in [-0.05, 0) is 57.1 Å². The Balaban J connectivity index is 2.27.